The molecule has 0 spiro atoms. The average molecular weight is 404 g/mol. The van der Waals surface area contributed by atoms with Crippen molar-refractivity contribution < 1.29 is 18.3 Å². The van der Waals surface area contributed by atoms with Crippen LogP contribution in [0.3, 0.4) is 0 Å². The first kappa shape index (κ1) is 19.4. The van der Waals surface area contributed by atoms with Crippen LogP contribution in [0.2, 0.25) is 0 Å². The Morgan fingerprint density at radius 1 is 1.17 bits per heavy atom. The van der Waals surface area contributed by atoms with Crippen molar-refractivity contribution in [2.75, 3.05) is 18.1 Å². The van der Waals surface area contributed by atoms with Crippen molar-refractivity contribution in [1.82, 2.24) is 14.5 Å². The number of rotatable bonds is 4. The second kappa shape index (κ2) is 7.47. The number of nitrogens with zero attached hydrogens (tertiary/aromatic N) is 4. The topological polar surface area (TPSA) is 71.2 Å². The van der Waals surface area contributed by atoms with Gasteiger partial charge in [0.1, 0.15) is 11.6 Å². The van der Waals surface area contributed by atoms with Gasteiger partial charge < -0.3 is 10.0 Å². The fraction of sp³-hybridized carbons (Fsp3) is 0.350. The molecule has 0 aliphatic carbocycles. The first-order valence-electron chi connectivity index (χ1n) is 9.30. The summed E-state index contributed by atoms with van der Waals surface area (Å²) in [6.45, 7) is 0.458. The van der Waals surface area contributed by atoms with Gasteiger partial charge in [0.05, 0.1) is 35.7 Å². The lowest BCUT2D eigenvalue weighted by Crippen LogP contribution is -2.33. The molecular formula is C20H19F3N4O2. The molecule has 1 aliphatic heterocycles. The highest BCUT2D eigenvalue weighted by atomic mass is 19.4. The second-order valence-electron chi connectivity index (χ2n) is 6.92. The van der Waals surface area contributed by atoms with E-state index in [0.29, 0.717) is 35.5 Å². The highest BCUT2D eigenvalue weighted by Crippen LogP contribution is 2.36. The number of halogens is 3. The van der Waals surface area contributed by atoms with Gasteiger partial charge in [-0.05, 0) is 37.1 Å². The quantitative estimate of drug-likeness (QED) is 0.724. The van der Waals surface area contributed by atoms with Gasteiger partial charge in [0, 0.05) is 12.7 Å². The summed E-state index contributed by atoms with van der Waals surface area (Å²) in [6.07, 6.45) is -2.16. The number of anilines is 1. The fourth-order valence-electron chi connectivity index (χ4n) is 3.79. The zero-order valence-corrected chi connectivity index (χ0v) is 15.4. The molecule has 1 unspecified atom stereocenters. The summed E-state index contributed by atoms with van der Waals surface area (Å²) in [5.74, 6) is 0.889. The summed E-state index contributed by atoms with van der Waals surface area (Å²) in [6, 6.07) is 9.01. The van der Waals surface area contributed by atoms with Crippen molar-refractivity contribution in [2.45, 2.75) is 31.6 Å². The number of hydrogen-bond donors (Lipinski definition) is 1. The monoisotopic (exact) mass is 404 g/mol. The van der Waals surface area contributed by atoms with E-state index in [1.165, 1.54) is 10.6 Å². The van der Waals surface area contributed by atoms with Crippen molar-refractivity contribution in [3.63, 3.8) is 0 Å². The summed E-state index contributed by atoms with van der Waals surface area (Å²) in [7, 11) is 0. The molecule has 152 valence electrons. The molecule has 0 saturated carbocycles. The smallest absolute Gasteiger partial charge is 0.395 e. The summed E-state index contributed by atoms with van der Waals surface area (Å²) in [5.41, 5.74) is -0.501. The average Bonchev–Trinajstić information content (AvgIpc) is 3.19. The summed E-state index contributed by atoms with van der Waals surface area (Å²) in [5, 5.41) is 9.91. The molecule has 0 radical (unpaired) electrons. The normalized spacial score (nSPS) is 17.2. The third kappa shape index (κ3) is 3.57. The molecule has 3 heterocycles. The van der Waals surface area contributed by atoms with Crippen LogP contribution < -0.4 is 10.5 Å². The number of hydrogen-bond acceptors (Lipinski definition) is 5. The predicted molar refractivity (Wildman–Crippen MR) is 102 cm³/mol. The Hall–Kier alpha value is -2.94. The molecule has 0 bridgehead atoms. The van der Waals surface area contributed by atoms with Crippen LogP contribution in [0.5, 0.6) is 0 Å². The van der Waals surface area contributed by atoms with E-state index in [1.807, 2.05) is 4.90 Å². The Morgan fingerprint density at radius 2 is 1.97 bits per heavy atom. The van der Waals surface area contributed by atoms with Crippen molar-refractivity contribution in [3.05, 3.63) is 64.3 Å². The van der Waals surface area contributed by atoms with Crippen LogP contribution in [0.1, 0.15) is 30.3 Å². The minimum absolute atomic E-state index is 0.0940. The number of benzene rings is 1. The maximum absolute atomic E-state index is 12.9. The van der Waals surface area contributed by atoms with Crippen molar-refractivity contribution in [3.8, 4) is 0 Å². The minimum atomic E-state index is -4.45. The molecule has 0 amide bonds. The molecule has 29 heavy (non-hydrogen) atoms. The number of fused-ring (bicyclic) bond motifs is 1. The molecule has 2 aromatic heterocycles. The molecular weight excluding hydrogens is 385 g/mol. The van der Waals surface area contributed by atoms with Crippen molar-refractivity contribution >= 4 is 16.7 Å². The van der Waals surface area contributed by atoms with Crippen molar-refractivity contribution in [1.29, 1.82) is 0 Å². The first-order chi connectivity index (χ1) is 13.9. The van der Waals surface area contributed by atoms with E-state index in [0.717, 1.165) is 18.7 Å². The Bertz CT molecular complexity index is 1080. The number of aliphatic hydroxyl groups excluding tert-OH is 1. The minimum Gasteiger partial charge on any atom is -0.395 e. The fourth-order valence-corrected chi connectivity index (χ4v) is 3.79. The first-order valence-corrected chi connectivity index (χ1v) is 9.30. The number of pyridine rings is 1. The Labute approximate surface area is 164 Å². The van der Waals surface area contributed by atoms with E-state index in [1.54, 1.807) is 24.3 Å². The van der Waals surface area contributed by atoms with Crippen LogP contribution in [0.4, 0.5) is 19.0 Å². The zero-order chi connectivity index (χ0) is 20.6. The lowest BCUT2D eigenvalue weighted by molar-refractivity contribution is -0.137. The molecule has 4 rings (SSSR count). The van der Waals surface area contributed by atoms with Gasteiger partial charge in [-0.1, -0.05) is 12.1 Å². The van der Waals surface area contributed by atoms with Gasteiger partial charge in [0.25, 0.3) is 5.56 Å². The van der Waals surface area contributed by atoms with Crippen LogP contribution >= 0.6 is 0 Å². The molecule has 6 nitrogen and oxygen atoms in total. The third-order valence-corrected chi connectivity index (χ3v) is 5.14. The van der Waals surface area contributed by atoms with E-state index in [4.69, 9.17) is 0 Å². The lowest BCUT2D eigenvalue weighted by Gasteiger charge is -2.27. The van der Waals surface area contributed by atoms with E-state index >= 15 is 0 Å². The predicted octanol–water partition coefficient (Wildman–Crippen LogP) is 3.14. The molecule has 1 fully saturated rings. The van der Waals surface area contributed by atoms with Gasteiger partial charge in [-0.25, -0.2) is 9.97 Å². The number of aliphatic hydroxyl groups is 1. The SMILES string of the molecule is O=c1c2ccccc2nc(C2CCCN2c2ccc(C(F)(F)F)cn2)n1CCO. The molecule has 9 heteroatoms. The molecule has 1 atom stereocenters. The molecule has 1 saturated heterocycles. The maximum Gasteiger partial charge on any atom is 0.417 e. The highest BCUT2D eigenvalue weighted by Gasteiger charge is 2.33. The largest absolute Gasteiger partial charge is 0.417 e. The summed E-state index contributed by atoms with van der Waals surface area (Å²) < 4.78 is 40.0. The maximum atomic E-state index is 12.9. The Balaban J connectivity index is 1.78. The van der Waals surface area contributed by atoms with Gasteiger partial charge >= 0.3 is 6.18 Å². The Kier molecular flexibility index (Phi) is 4.99. The van der Waals surface area contributed by atoms with Crippen LogP contribution in [-0.2, 0) is 12.7 Å². The molecule has 1 N–H and O–H groups in total. The van der Waals surface area contributed by atoms with E-state index in [-0.39, 0.29) is 24.8 Å². The standard InChI is InChI=1S/C20H19F3N4O2/c21-20(22,23)13-7-8-17(24-12-13)26-9-3-6-16(26)18-25-15-5-2-1-4-14(15)19(29)27(18)10-11-28/h1-2,4-5,7-8,12,16,28H,3,6,9-11H2. The van der Waals surface area contributed by atoms with Crippen LogP contribution in [0, 0.1) is 0 Å². The number of para-hydroxylation sites is 1. The van der Waals surface area contributed by atoms with Gasteiger partial charge in [0.15, 0.2) is 0 Å². The summed E-state index contributed by atoms with van der Waals surface area (Å²) >= 11 is 0. The van der Waals surface area contributed by atoms with Gasteiger partial charge in [-0.3, -0.25) is 9.36 Å². The Morgan fingerprint density at radius 3 is 2.66 bits per heavy atom. The van der Waals surface area contributed by atoms with Crippen LogP contribution in [0.25, 0.3) is 10.9 Å². The molecule has 3 aromatic rings. The van der Waals surface area contributed by atoms with Gasteiger partial charge in [-0.15, -0.1) is 0 Å². The van der Waals surface area contributed by atoms with E-state index in [2.05, 4.69) is 9.97 Å². The lowest BCUT2D eigenvalue weighted by atomic mass is 10.1. The second-order valence-corrected chi connectivity index (χ2v) is 6.92. The molecule has 1 aliphatic rings. The van der Waals surface area contributed by atoms with Crippen LogP contribution in [0.15, 0.2) is 47.4 Å². The third-order valence-electron chi connectivity index (χ3n) is 5.14. The summed E-state index contributed by atoms with van der Waals surface area (Å²) in [4.78, 5) is 23.5. The van der Waals surface area contributed by atoms with Gasteiger partial charge in [-0.2, -0.15) is 13.2 Å². The highest BCUT2D eigenvalue weighted by molar-refractivity contribution is 5.77. The van der Waals surface area contributed by atoms with Crippen LogP contribution in [-0.4, -0.2) is 32.8 Å². The van der Waals surface area contributed by atoms with Gasteiger partial charge in [0.2, 0.25) is 0 Å². The number of alkyl halides is 3. The zero-order valence-electron chi connectivity index (χ0n) is 15.4. The van der Waals surface area contributed by atoms with E-state index < -0.39 is 11.7 Å². The van der Waals surface area contributed by atoms with Crippen molar-refractivity contribution in [2.24, 2.45) is 0 Å². The van der Waals surface area contributed by atoms with E-state index in [9.17, 15) is 23.1 Å². The number of aromatic nitrogens is 3. The molecule has 1 aromatic carbocycles.